The van der Waals surface area contributed by atoms with Gasteiger partial charge in [0.2, 0.25) is 10.0 Å². The summed E-state index contributed by atoms with van der Waals surface area (Å²) in [5.41, 5.74) is 1.12. The SMILES string of the molecule is CCC(F)(F)c1cc(-c2ccc(Cl)cc2)n(-c2ccc(S(N)(=O)=O)cc2)n1. The summed E-state index contributed by atoms with van der Waals surface area (Å²) in [5, 5.41) is 9.68. The average Bonchev–Trinajstić information content (AvgIpc) is 3.08. The number of benzene rings is 2. The van der Waals surface area contributed by atoms with Crippen LogP contribution in [0.3, 0.4) is 0 Å². The van der Waals surface area contributed by atoms with Crippen LogP contribution in [0.2, 0.25) is 5.02 Å². The van der Waals surface area contributed by atoms with Crippen molar-refractivity contribution in [2.45, 2.75) is 24.2 Å². The molecule has 0 spiro atoms. The van der Waals surface area contributed by atoms with Gasteiger partial charge in [-0.15, -0.1) is 0 Å². The fourth-order valence-electron chi connectivity index (χ4n) is 2.54. The zero-order chi connectivity index (χ0) is 19.8. The largest absolute Gasteiger partial charge is 0.291 e. The number of primary sulfonamides is 1. The molecule has 0 aliphatic carbocycles. The maximum absolute atomic E-state index is 14.2. The van der Waals surface area contributed by atoms with Crippen molar-refractivity contribution in [3.05, 3.63) is 65.3 Å². The number of hydrogen-bond donors (Lipinski definition) is 1. The fraction of sp³-hybridized carbons (Fsp3) is 0.167. The molecule has 0 fully saturated rings. The van der Waals surface area contributed by atoms with E-state index in [2.05, 4.69) is 5.10 Å². The Kier molecular flexibility index (Phi) is 5.07. The van der Waals surface area contributed by atoms with Gasteiger partial charge in [0.05, 0.1) is 16.3 Å². The minimum absolute atomic E-state index is 0.0782. The molecule has 2 N–H and O–H groups in total. The number of nitrogens with two attached hydrogens (primary N) is 1. The number of alkyl halides is 2. The van der Waals surface area contributed by atoms with Gasteiger partial charge in [0.15, 0.2) is 0 Å². The quantitative estimate of drug-likeness (QED) is 0.678. The molecule has 0 atom stereocenters. The number of sulfonamides is 1. The van der Waals surface area contributed by atoms with Gasteiger partial charge in [0.25, 0.3) is 5.92 Å². The number of hydrogen-bond acceptors (Lipinski definition) is 3. The molecule has 3 rings (SSSR count). The summed E-state index contributed by atoms with van der Waals surface area (Å²) in [6.07, 6.45) is -0.394. The number of nitrogens with zero attached hydrogens (tertiary/aromatic N) is 2. The van der Waals surface area contributed by atoms with Crippen LogP contribution in [0.1, 0.15) is 19.0 Å². The number of halogens is 3. The molecule has 2 aromatic carbocycles. The van der Waals surface area contributed by atoms with Gasteiger partial charge in [-0.1, -0.05) is 30.7 Å². The maximum atomic E-state index is 14.2. The van der Waals surface area contributed by atoms with Gasteiger partial charge in [-0.05, 0) is 42.5 Å². The Labute approximate surface area is 160 Å². The van der Waals surface area contributed by atoms with Gasteiger partial charge in [0.1, 0.15) is 5.69 Å². The van der Waals surface area contributed by atoms with E-state index in [9.17, 15) is 17.2 Å². The van der Waals surface area contributed by atoms with Crippen LogP contribution in [0.5, 0.6) is 0 Å². The third-order valence-electron chi connectivity index (χ3n) is 4.08. The average molecular weight is 412 g/mol. The Bertz CT molecular complexity index is 1060. The molecule has 1 aromatic heterocycles. The van der Waals surface area contributed by atoms with Crippen LogP contribution in [0.25, 0.3) is 16.9 Å². The highest BCUT2D eigenvalue weighted by atomic mass is 35.5. The van der Waals surface area contributed by atoms with E-state index < -0.39 is 22.4 Å². The third kappa shape index (κ3) is 4.02. The molecule has 0 saturated heterocycles. The van der Waals surface area contributed by atoms with Crippen molar-refractivity contribution in [1.29, 1.82) is 0 Å². The first-order valence-electron chi connectivity index (χ1n) is 7.99. The minimum Gasteiger partial charge on any atom is -0.233 e. The van der Waals surface area contributed by atoms with Crippen LogP contribution >= 0.6 is 11.6 Å². The van der Waals surface area contributed by atoms with Gasteiger partial charge in [-0.25, -0.2) is 18.2 Å². The predicted octanol–water partition coefficient (Wildman–Crippen LogP) is 4.34. The molecule has 1 heterocycles. The Morgan fingerprint density at radius 1 is 1.11 bits per heavy atom. The molecule has 27 heavy (non-hydrogen) atoms. The molecule has 0 radical (unpaired) electrons. The summed E-state index contributed by atoms with van der Waals surface area (Å²) in [6, 6.07) is 13.5. The zero-order valence-corrected chi connectivity index (χ0v) is 15.8. The molecule has 0 amide bonds. The van der Waals surface area contributed by atoms with E-state index in [1.807, 2.05) is 0 Å². The molecule has 0 saturated carbocycles. The van der Waals surface area contributed by atoms with Crippen molar-refractivity contribution in [2.24, 2.45) is 5.14 Å². The highest BCUT2D eigenvalue weighted by Gasteiger charge is 2.33. The minimum atomic E-state index is -3.86. The van der Waals surface area contributed by atoms with Crippen molar-refractivity contribution >= 4 is 21.6 Å². The molecular weight excluding hydrogens is 396 g/mol. The molecule has 0 aliphatic rings. The zero-order valence-electron chi connectivity index (χ0n) is 14.2. The highest BCUT2D eigenvalue weighted by Crippen LogP contribution is 2.34. The Morgan fingerprint density at radius 2 is 1.70 bits per heavy atom. The summed E-state index contributed by atoms with van der Waals surface area (Å²) in [6.45, 7) is 1.38. The van der Waals surface area contributed by atoms with Crippen LogP contribution in [0.4, 0.5) is 8.78 Å². The normalized spacial score (nSPS) is 12.3. The third-order valence-corrected chi connectivity index (χ3v) is 5.26. The fourth-order valence-corrected chi connectivity index (χ4v) is 3.18. The smallest absolute Gasteiger partial charge is 0.233 e. The first-order valence-corrected chi connectivity index (χ1v) is 9.92. The van der Waals surface area contributed by atoms with E-state index in [4.69, 9.17) is 16.7 Å². The van der Waals surface area contributed by atoms with Crippen LogP contribution in [-0.2, 0) is 15.9 Å². The lowest BCUT2D eigenvalue weighted by molar-refractivity contribution is -0.0131. The molecule has 9 heteroatoms. The number of rotatable bonds is 5. The molecule has 5 nitrogen and oxygen atoms in total. The van der Waals surface area contributed by atoms with Crippen LogP contribution in [-0.4, -0.2) is 18.2 Å². The Hall–Kier alpha value is -2.29. The van der Waals surface area contributed by atoms with Crippen LogP contribution in [0.15, 0.2) is 59.5 Å². The summed E-state index contributed by atoms with van der Waals surface area (Å²) < 4.78 is 52.6. The summed E-state index contributed by atoms with van der Waals surface area (Å²) in [4.78, 5) is -0.0782. The van der Waals surface area contributed by atoms with E-state index in [0.717, 1.165) is 0 Å². The second kappa shape index (κ2) is 7.03. The number of aromatic nitrogens is 2. The van der Waals surface area contributed by atoms with E-state index in [1.165, 1.54) is 41.9 Å². The van der Waals surface area contributed by atoms with E-state index in [0.29, 0.717) is 22.0 Å². The standard InChI is InChI=1S/C18H16ClF2N3O2S/c1-2-18(20,21)17-11-16(12-3-5-13(19)6-4-12)24(23-17)14-7-9-15(10-8-14)27(22,25)26/h3-11H,2H2,1H3,(H2,22,25,26). The van der Waals surface area contributed by atoms with Crippen molar-refractivity contribution in [1.82, 2.24) is 9.78 Å². The molecular formula is C18H16ClF2N3O2S. The highest BCUT2D eigenvalue weighted by molar-refractivity contribution is 7.89. The van der Waals surface area contributed by atoms with Gasteiger partial charge in [-0.3, -0.25) is 0 Å². The topological polar surface area (TPSA) is 78.0 Å². The molecule has 142 valence electrons. The first kappa shape index (κ1) is 19.5. The lowest BCUT2D eigenvalue weighted by Crippen LogP contribution is -2.13. The summed E-state index contributed by atoms with van der Waals surface area (Å²) >= 11 is 5.91. The van der Waals surface area contributed by atoms with Crippen molar-refractivity contribution < 1.29 is 17.2 Å². The summed E-state index contributed by atoms with van der Waals surface area (Å²) in [5.74, 6) is -3.09. The van der Waals surface area contributed by atoms with Gasteiger partial charge >= 0.3 is 0 Å². The lowest BCUT2D eigenvalue weighted by Gasteiger charge is -2.10. The van der Waals surface area contributed by atoms with Gasteiger partial charge < -0.3 is 0 Å². The summed E-state index contributed by atoms with van der Waals surface area (Å²) in [7, 11) is -3.86. The molecule has 0 bridgehead atoms. The maximum Gasteiger partial charge on any atom is 0.291 e. The van der Waals surface area contributed by atoms with Crippen molar-refractivity contribution in [3.63, 3.8) is 0 Å². The van der Waals surface area contributed by atoms with Crippen LogP contribution in [0, 0.1) is 0 Å². The second-order valence-corrected chi connectivity index (χ2v) is 7.93. The Morgan fingerprint density at radius 3 is 2.22 bits per heavy atom. The van der Waals surface area contributed by atoms with E-state index >= 15 is 0 Å². The van der Waals surface area contributed by atoms with Crippen molar-refractivity contribution in [3.8, 4) is 16.9 Å². The first-order chi connectivity index (χ1) is 12.6. The van der Waals surface area contributed by atoms with Crippen molar-refractivity contribution in [2.75, 3.05) is 0 Å². The monoisotopic (exact) mass is 411 g/mol. The van der Waals surface area contributed by atoms with Gasteiger partial charge in [-0.2, -0.15) is 13.9 Å². The van der Waals surface area contributed by atoms with Crippen LogP contribution < -0.4 is 5.14 Å². The predicted molar refractivity (Wildman–Crippen MR) is 99.6 cm³/mol. The van der Waals surface area contributed by atoms with E-state index in [-0.39, 0.29) is 10.6 Å². The Balaban J connectivity index is 2.17. The van der Waals surface area contributed by atoms with Gasteiger partial charge in [0, 0.05) is 17.0 Å². The molecule has 0 unspecified atom stereocenters. The molecule has 3 aromatic rings. The lowest BCUT2D eigenvalue weighted by atomic mass is 10.1. The van der Waals surface area contributed by atoms with E-state index in [1.54, 1.807) is 24.3 Å². The molecule has 0 aliphatic heterocycles. The second-order valence-electron chi connectivity index (χ2n) is 5.93.